The fraction of sp³-hybridized carbons (Fsp3) is 0.462. The van der Waals surface area contributed by atoms with Crippen molar-refractivity contribution in [3.8, 4) is 0 Å². The van der Waals surface area contributed by atoms with Crippen LogP contribution in [-0.4, -0.2) is 18.5 Å². The number of rotatable bonds is 3. The van der Waals surface area contributed by atoms with Crippen molar-refractivity contribution in [3.05, 3.63) is 35.4 Å². The SMILES string of the molecule is CC1CCNC1C(=O)NCc1ccc(F)c(F)c1. The van der Waals surface area contributed by atoms with Crippen LogP contribution in [0.25, 0.3) is 0 Å². The van der Waals surface area contributed by atoms with Crippen LogP contribution in [0.15, 0.2) is 18.2 Å². The third-order valence-electron chi connectivity index (χ3n) is 3.27. The Morgan fingerprint density at radius 3 is 2.83 bits per heavy atom. The third kappa shape index (κ3) is 2.85. The zero-order valence-corrected chi connectivity index (χ0v) is 10.2. The van der Waals surface area contributed by atoms with Crippen molar-refractivity contribution in [2.45, 2.75) is 25.9 Å². The zero-order valence-electron chi connectivity index (χ0n) is 10.2. The predicted octanol–water partition coefficient (Wildman–Crippen LogP) is 1.58. The Labute approximate surface area is 105 Å². The zero-order chi connectivity index (χ0) is 13.1. The second kappa shape index (κ2) is 5.44. The summed E-state index contributed by atoms with van der Waals surface area (Å²) in [6.07, 6.45) is 0.975. The van der Waals surface area contributed by atoms with Gasteiger partial charge in [0.25, 0.3) is 0 Å². The van der Waals surface area contributed by atoms with E-state index < -0.39 is 11.6 Å². The number of hydrogen-bond donors (Lipinski definition) is 2. The van der Waals surface area contributed by atoms with Crippen molar-refractivity contribution in [1.29, 1.82) is 0 Å². The van der Waals surface area contributed by atoms with Gasteiger partial charge in [-0.05, 0) is 36.6 Å². The molecule has 0 aromatic heterocycles. The summed E-state index contributed by atoms with van der Waals surface area (Å²) in [5.74, 6) is -1.56. The van der Waals surface area contributed by atoms with Gasteiger partial charge in [0.05, 0.1) is 6.04 Å². The van der Waals surface area contributed by atoms with E-state index in [1.807, 2.05) is 6.92 Å². The van der Waals surface area contributed by atoms with Crippen molar-refractivity contribution in [2.24, 2.45) is 5.92 Å². The molecule has 0 radical (unpaired) electrons. The minimum Gasteiger partial charge on any atom is -0.351 e. The maximum atomic E-state index is 13.0. The van der Waals surface area contributed by atoms with Gasteiger partial charge in [-0.1, -0.05) is 13.0 Å². The maximum absolute atomic E-state index is 13.0. The quantitative estimate of drug-likeness (QED) is 0.860. The molecule has 5 heteroatoms. The van der Waals surface area contributed by atoms with Crippen molar-refractivity contribution in [2.75, 3.05) is 6.54 Å². The lowest BCUT2D eigenvalue weighted by Crippen LogP contribution is -2.42. The molecule has 0 saturated carbocycles. The summed E-state index contributed by atoms with van der Waals surface area (Å²) < 4.78 is 25.7. The van der Waals surface area contributed by atoms with Crippen LogP contribution in [0.1, 0.15) is 18.9 Å². The number of carbonyl (C=O) groups is 1. The Hall–Kier alpha value is -1.49. The smallest absolute Gasteiger partial charge is 0.237 e. The van der Waals surface area contributed by atoms with Gasteiger partial charge in [0.2, 0.25) is 5.91 Å². The van der Waals surface area contributed by atoms with Crippen molar-refractivity contribution >= 4 is 5.91 Å². The van der Waals surface area contributed by atoms with E-state index >= 15 is 0 Å². The molecule has 1 aromatic carbocycles. The van der Waals surface area contributed by atoms with Gasteiger partial charge in [-0.15, -0.1) is 0 Å². The van der Waals surface area contributed by atoms with Crippen LogP contribution < -0.4 is 10.6 Å². The first-order valence-electron chi connectivity index (χ1n) is 6.03. The van der Waals surface area contributed by atoms with Crippen LogP contribution in [0.4, 0.5) is 8.78 Å². The summed E-state index contributed by atoms with van der Waals surface area (Å²) in [6.45, 7) is 3.06. The Balaban J connectivity index is 1.91. The Morgan fingerprint density at radius 1 is 1.44 bits per heavy atom. The van der Waals surface area contributed by atoms with Gasteiger partial charge in [-0.25, -0.2) is 8.78 Å². The molecule has 1 aliphatic heterocycles. The minimum absolute atomic E-state index is 0.0928. The van der Waals surface area contributed by atoms with Crippen LogP contribution in [0.5, 0.6) is 0 Å². The van der Waals surface area contributed by atoms with E-state index in [2.05, 4.69) is 10.6 Å². The van der Waals surface area contributed by atoms with E-state index in [0.717, 1.165) is 25.1 Å². The summed E-state index contributed by atoms with van der Waals surface area (Å²) in [4.78, 5) is 11.8. The molecule has 1 saturated heterocycles. The highest BCUT2D eigenvalue weighted by atomic mass is 19.2. The summed E-state index contributed by atoms with van der Waals surface area (Å²) in [7, 11) is 0. The van der Waals surface area contributed by atoms with Gasteiger partial charge in [0.1, 0.15) is 0 Å². The van der Waals surface area contributed by atoms with Gasteiger partial charge in [0.15, 0.2) is 11.6 Å². The highest BCUT2D eigenvalue weighted by molar-refractivity contribution is 5.82. The highest BCUT2D eigenvalue weighted by Gasteiger charge is 2.28. The van der Waals surface area contributed by atoms with Crippen LogP contribution in [0.2, 0.25) is 0 Å². The largest absolute Gasteiger partial charge is 0.351 e. The fourth-order valence-electron chi connectivity index (χ4n) is 2.13. The molecular formula is C13H16F2N2O. The average Bonchev–Trinajstić information content (AvgIpc) is 2.77. The van der Waals surface area contributed by atoms with Crippen LogP contribution >= 0.6 is 0 Å². The van der Waals surface area contributed by atoms with E-state index in [-0.39, 0.29) is 18.5 Å². The molecule has 1 aromatic rings. The summed E-state index contributed by atoms with van der Waals surface area (Å²) in [5.41, 5.74) is 0.549. The number of halogens is 2. The van der Waals surface area contributed by atoms with Crippen LogP contribution in [0.3, 0.4) is 0 Å². The first-order valence-corrected chi connectivity index (χ1v) is 6.03. The lowest BCUT2D eigenvalue weighted by molar-refractivity contribution is -0.123. The molecule has 2 rings (SSSR count). The maximum Gasteiger partial charge on any atom is 0.237 e. The number of amides is 1. The predicted molar refractivity (Wildman–Crippen MR) is 63.8 cm³/mol. The first-order chi connectivity index (χ1) is 8.58. The van der Waals surface area contributed by atoms with E-state index in [0.29, 0.717) is 11.5 Å². The number of carbonyl (C=O) groups excluding carboxylic acids is 1. The normalized spacial score (nSPS) is 23.1. The van der Waals surface area contributed by atoms with Gasteiger partial charge in [0, 0.05) is 6.54 Å². The monoisotopic (exact) mass is 254 g/mol. The number of nitrogens with one attached hydrogen (secondary N) is 2. The molecule has 0 aliphatic carbocycles. The molecule has 1 fully saturated rings. The molecule has 1 heterocycles. The summed E-state index contributed by atoms with van der Waals surface area (Å²) >= 11 is 0. The third-order valence-corrected chi connectivity index (χ3v) is 3.27. The number of hydrogen-bond acceptors (Lipinski definition) is 2. The first kappa shape index (κ1) is 13.0. The fourth-order valence-corrected chi connectivity index (χ4v) is 2.13. The average molecular weight is 254 g/mol. The van der Waals surface area contributed by atoms with Gasteiger partial charge < -0.3 is 10.6 Å². The molecule has 0 bridgehead atoms. The van der Waals surface area contributed by atoms with Crippen molar-refractivity contribution in [1.82, 2.24) is 10.6 Å². The molecule has 2 N–H and O–H groups in total. The Kier molecular flexibility index (Phi) is 3.91. The molecule has 18 heavy (non-hydrogen) atoms. The Bertz CT molecular complexity index is 451. The van der Waals surface area contributed by atoms with Crippen molar-refractivity contribution in [3.63, 3.8) is 0 Å². The topological polar surface area (TPSA) is 41.1 Å². The molecule has 98 valence electrons. The Morgan fingerprint density at radius 2 is 2.22 bits per heavy atom. The second-order valence-corrected chi connectivity index (χ2v) is 4.66. The second-order valence-electron chi connectivity index (χ2n) is 4.66. The number of benzene rings is 1. The van der Waals surface area contributed by atoms with Crippen LogP contribution in [0, 0.1) is 17.6 Å². The van der Waals surface area contributed by atoms with Gasteiger partial charge in [-0.2, -0.15) is 0 Å². The molecule has 2 atom stereocenters. The van der Waals surface area contributed by atoms with Gasteiger partial charge in [-0.3, -0.25) is 4.79 Å². The molecule has 1 aliphatic rings. The van der Waals surface area contributed by atoms with Gasteiger partial charge >= 0.3 is 0 Å². The summed E-state index contributed by atoms with van der Waals surface area (Å²) in [6, 6.07) is 3.44. The standard InChI is InChI=1S/C13H16F2N2O/c1-8-4-5-16-12(8)13(18)17-7-9-2-3-10(14)11(15)6-9/h2-3,6,8,12,16H,4-5,7H2,1H3,(H,17,18). The molecule has 2 unspecified atom stereocenters. The van der Waals surface area contributed by atoms with Crippen molar-refractivity contribution < 1.29 is 13.6 Å². The van der Waals surface area contributed by atoms with E-state index in [1.54, 1.807) is 0 Å². The lowest BCUT2D eigenvalue weighted by Gasteiger charge is -2.15. The molecule has 3 nitrogen and oxygen atoms in total. The van der Waals surface area contributed by atoms with E-state index in [4.69, 9.17) is 0 Å². The molecule has 1 amide bonds. The van der Waals surface area contributed by atoms with E-state index in [9.17, 15) is 13.6 Å². The molecular weight excluding hydrogens is 238 g/mol. The van der Waals surface area contributed by atoms with E-state index in [1.165, 1.54) is 6.07 Å². The highest BCUT2D eigenvalue weighted by Crippen LogP contribution is 2.14. The lowest BCUT2D eigenvalue weighted by atomic mass is 10.0. The molecule has 0 spiro atoms. The summed E-state index contributed by atoms with van der Waals surface area (Å²) in [5, 5.41) is 5.84. The van der Waals surface area contributed by atoms with Crippen LogP contribution in [-0.2, 0) is 11.3 Å². The minimum atomic E-state index is -0.894.